The number of halogens is 1. The molecule has 7 nitrogen and oxygen atoms in total. The van der Waals surface area contributed by atoms with Gasteiger partial charge in [-0.3, -0.25) is 9.59 Å². The summed E-state index contributed by atoms with van der Waals surface area (Å²) in [6.45, 7) is 3.19. The van der Waals surface area contributed by atoms with Crippen molar-refractivity contribution in [1.82, 2.24) is 15.4 Å². The van der Waals surface area contributed by atoms with Gasteiger partial charge in [0.1, 0.15) is 12.1 Å². The normalized spacial score (nSPS) is 18.5. The summed E-state index contributed by atoms with van der Waals surface area (Å²) in [5.41, 5.74) is 5.45. The number of benzene rings is 1. The number of nitrogens with one attached hydrogen (secondary N) is 1. The van der Waals surface area contributed by atoms with Crippen LogP contribution in [0.1, 0.15) is 19.7 Å². The molecule has 0 fully saturated rings. The van der Waals surface area contributed by atoms with Gasteiger partial charge in [-0.15, -0.1) is 0 Å². The van der Waals surface area contributed by atoms with Crippen molar-refractivity contribution in [1.29, 1.82) is 0 Å². The third kappa shape index (κ3) is 3.20. The fourth-order valence-corrected chi connectivity index (χ4v) is 2.98. The van der Waals surface area contributed by atoms with E-state index in [-0.39, 0.29) is 18.7 Å². The number of carbonyl (C=O) groups excluding carboxylic acids is 1. The van der Waals surface area contributed by atoms with Gasteiger partial charge in [0.05, 0.1) is 6.04 Å². The van der Waals surface area contributed by atoms with Crippen LogP contribution >= 0.6 is 15.9 Å². The van der Waals surface area contributed by atoms with Gasteiger partial charge in [0.2, 0.25) is 0 Å². The van der Waals surface area contributed by atoms with Gasteiger partial charge in [-0.05, 0) is 32.0 Å². The number of carboxylic acid groups (broad SMARTS) is 1. The minimum absolute atomic E-state index is 0.0856. The highest BCUT2D eigenvalue weighted by Crippen LogP contribution is 2.23. The van der Waals surface area contributed by atoms with E-state index in [1.54, 1.807) is 19.9 Å². The second-order valence-corrected chi connectivity index (χ2v) is 6.58. The predicted octanol–water partition coefficient (Wildman–Crippen LogP) is 2.27. The molecule has 1 aromatic carbocycles. The first-order chi connectivity index (χ1) is 11.3. The molecule has 2 N–H and O–H groups in total. The summed E-state index contributed by atoms with van der Waals surface area (Å²) in [7, 11) is 0. The Kier molecular flexibility index (Phi) is 4.42. The Morgan fingerprint density at radius 2 is 2.21 bits per heavy atom. The smallest absolute Gasteiger partial charge is 0.324 e. The van der Waals surface area contributed by atoms with E-state index in [1.807, 2.05) is 12.1 Å². The molecule has 126 valence electrons. The number of carbonyl (C=O) groups is 2. The molecule has 0 saturated carbocycles. The van der Waals surface area contributed by atoms with Crippen LogP contribution < -0.4 is 5.43 Å². The monoisotopic (exact) mass is 393 g/mol. The number of hydrazine groups is 1. The Morgan fingerprint density at radius 3 is 2.92 bits per heavy atom. The molecule has 3 rings (SSSR count). The van der Waals surface area contributed by atoms with Crippen molar-refractivity contribution in [2.75, 3.05) is 6.54 Å². The molecule has 0 spiro atoms. The molecule has 2 aromatic rings. The van der Waals surface area contributed by atoms with Crippen molar-refractivity contribution in [3.8, 4) is 0 Å². The molecule has 24 heavy (non-hydrogen) atoms. The van der Waals surface area contributed by atoms with E-state index in [1.165, 1.54) is 5.01 Å². The highest BCUT2D eigenvalue weighted by molar-refractivity contribution is 9.10. The molecule has 1 aliphatic rings. The largest absolute Gasteiger partial charge is 0.480 e. The summed E-state index contributed by atoms with van der Waals surface area (Å²) in [5, 5.41) is 10.5. The lowest BCUT2D eigenvalue weighted by atomic mass is 9.99. The maximum atomic E-state index is 12.5. The van der Waals surface area contributed by atoms with Gasteiger partial charge in [-0.25, -0.2) is 10.4 Å². The third-order valence-electron chi connectivity index (χ3n) is 4.01. The maximum Gasteiger partial charge on any atom is 0.324 e. The lowest BCUT2D eigenvalue weighted by Gasteiger charge is -2.34. The summed E-state index contributed by atoms with van der Waals surface area (Å²) in [6.07, 6.45) is 0.242. The number of hydrogen-bond acceptors (Lipinski definition) is 6. The van der Waals surface area contributed by atoms with Crippen molar-refractivity contribution in [2.45, 2.75) is 26.3 Å². The zero-order valence-electron chi connectivity index (χ0n) is 13.2. The molecule has 1 aliphatic heterocycles. The molecular formula is C16H16BrN3O4. The maximum absolute atomic E-state index is 12.5. The van der Waals surface area contributed by atoms with E-state index in [2.05, 4.69) is 26.3 Å². The molecule has 0 aliphatic carbocycles. The van der Waals surface area contributed by atoms with Gasteiger partial charge in [-0.2, -0.15) is 0 Å². The van der Waals surface area contributed by atoms with E-state index in [4.69, 9.17) is 9.52 Å². The van der Waals surface area contributed by atoms with E-state index in [0.29, 0.717) is 28.3 Å². The summed E-state index contributed by atoms with van der Waals surface area (Å²) in [4.78, 5) is 27.9. The van der Waals surface area contributed by atoms with Crippen LogP contribution in [-0.4, -0.2) is 39.4 Å². The number of fused-ring (bicyclic) bond motifs is 1. The van der Waals surface area contributed by atoms with Crippen molar-refractivity contribution >= 4 is 38.8 Å². The predicted molar refractivity (Wildman–Crippen MR) is 90.1 cm³/mol. The van der Waals surface area contributed by atoms with Crippen LogP contribution in [-0.2, 0) is 16.0 Å². The average molecular weight is 394 g/mol. The van der Waals surface area contributed by atoms with Crippen LogP contribution in [0.5, 0.6) is 0 Å². The first-order valence-corrected chi connectivity index (χ1v) is 8.16. The fourth-order valence-electron chi connectivity index (χ4n) is 2.63. The molecule has 0 saturated heterocycles. The highest BCUT2D eigenvalue weighted by atomic mass is 79.9. The lowest BCUT2D eigenvalue weighted by Crippen LogP contribution is -2.54. The molecule has 1 unspecified atom stereocenters. The topological polar surface area (TPSA) is 95.7 Å². The van der Waals surface area contributed by atoms with Gasteiger partial charge >= 0.3 is 5.97 Å². The molecule has 2 heterocycles. The summed E-state index contributed by atoms with van der Waals surface area (Å²) in [6, 6.07) is 4.89. The van der Waals surface area contributed by atoms with Gasteiger partial charge < -0.3 is 14.5 Å². The molecular weight excluding hydrogens is 378 g/mol. The van der Waals surface area contributed by atoms with Crippen LogP contribution in [0.25, 0.3) is 11.1 Å². The SMILES string of the molecule is CC1=C(C)N(CC(=O)O)NC(Cc2nc3cc(Br)ccc3o2)C1=O. The zero-order valence-corrected chi connectivity index (χ0v) is 14.8. The molecule has 1 aromatic heterocycles. The number of nitrogens with zero attached hydrogens (tertiary/aromatic N) is 2. The fraction of sp³-hybridized carbons (Fsp3) is 0.312. The first kappa shape index (κ1) is 16.7. The van der Waals surface area contributed by atoms with Crippen LogP contribution in [0, 0.1) is 0 Å². The number of rotatable bonds is 4. The number of ketones is 1. The number of hydrogen-bond donors (Lipinski definition) is 2. The van der Waals surface area contributed by atoms with Crippen molar-refractivity contribution in [2.24, 2.45) is 0 Å². The minimum atomic E-state index is -0.977. The van der Waals surface area contributed by atoms with E-state index in [9.17, 15) is 9.59 Å². The molecule has 0 amide bonds. The average Bonchev–Trinajstić information content (AvgIpc) is 2.91. The first-order valence-electron chi connectivity index (χ1n) is 7.37. The summed E-state index contributed by atoms with van der Waals surface area (Å²) in [5.74, 6) is -0.636. The Hall–Kier alpha value is -2.19. The third-order valence-corrected chi connectivity index (χ3v) is 4.50. The number of aromatic nitrogens is 1. The minimum Gasteiger partial charge on any atom is -0.480 e. The Bertz CT molecular complexity index is 858. The van der Waals surface area contributed by atoms with E-state index in [0.717, 1.165) is 4.47 Å². The standard InChI is InChI=1S/C16H16BrN3O4/c1-8-9(2)20(7-15(21)22)19-12(16(8)23)6-14-18-11-5-10(17)3-4-13(11)24-14/h3-5,12,19H,6-7H2,1-2H3,(H,21,22). The van der Waals surface area contributed by atoms with Crippen LogP contribution in [0.2, 0.25) is 0 Å². The number of carboxylic acids is 1. The van der Waals surface area contributed by atoms with E-state index >= 15 is 0 Å². The van der Waals surface area contributed by atoms with Gasteiger partial charge in [0.25, 0.3) is 0 Å². The van der Waals surface area contributed by atoms with Crippen molar-refractivity contribution in [3.05, 3.63) is 39.8 Å². The number of aliphatic carboxylic acids is 1. The summed E-state index contributed by atoms with van der Waals surface area (Å²) >= 11 is 3.38. The van der Waals surface area contributed by atoms with Gasteiger partial charge in [0, 0.05) is 22.2 Å². The van der Waals surface area contributed by atoms with Crippen molar-refractivity contribution < 1.29 is 19.1 Å². The highest BCUT2D eigenvalue weighted by Gasteiger charge is 2.32. The van der Waals surface area contributed by atoms with Gasteiger partial charge in [0.15, 0.2) is 17.3 Å². The quantitative estimate of drug-likeness (QED) is 0.822. The molecule has 1 atom stereocenters. The second kappa shape index (κ2) is 6.37. The van der Waals surface area contributed by atoms with Crippen LogP contribution in [0.4, 0.5) is 0 Å². The number of oxazole rings is 1. The number of allylic oxidation sites excluding steroid dienone is 1. The Balaban J connectivity index is 1.85. The van der Waals surface area contributed by atoms with Crippen LogP contribution in [0.15, 0.2) is 38.4 Å². The Labute approximate surface area is 146 Å². The van der Waals surface area contributed by atoms with E-state index < -0.39 is 12.0 Å². The lowest BCUT2D eigenvalue weighted by molar-refractivity contribution is -0.139. The zero-order chi connectivity index (χ0) is 17.4. The molecule has 0 radical (unpaired) electrons. The number of Topliss-reactive ketones (excluding diaryl/α,β-unsaturated/α-hetero) is 1. The molecule has 0 bridgehead atoms. The van der Waals surface area contributed by atoms with Gasteiger partial charge in [-0.1, -0.05) is 15.9 Å². The Morgan fingerprint density at radius 1 is 1.46 bits per heavy atom. The van der Waals surface area contributed by atoms with Crippen LogP contribution in [0.3, 0.4) is 0 Å². The van der Waals surface area contributed by atoms with Crippen molar-refractivity contribution in [3.63, 3.8) is 0 Å². The molecule has 8 heteroatoms. The second-order valence-electron chi connectivity index (χ2n) is 5.66. The summed E-state index contributed by atoms with van der Waals surface area (Å²) < 4.78 is 6.57.